The Morgan fingerprint density at radius 3 is 2.85 bits per heavy atom. The number of amides is 2. The summed E-state index contributed by atoms with van der Waals surface area (Å²) in [6.07, 6.45) is 1.78. The molecule has 2 atom stereocenters. The van der Waals surface area contributed by atoms with E-state index in [1.807, 2.05) is 41.8 Å². The molecule has 0 aliphatic carbocycles. The summed E-state index contributed by atoms with van der Waals surface area (Å²) < 4.78 is 11.1. The summed E-state index contributed by atoms with van der Waals surface area (Å²) in [6, 6.07) is 6.00. The molecular formula is C21H26N2O4. The van der Waals surface area contributed by atoms with Crippen molar-refractivity contribution < 1.29 is 18.7 Å². The van der Waals surface area contributed by atoms with Crippen molar-refractivity contribution in [1.29, 1.82) is 0 Å². The Bertz CT molecular complexity index is 888. The summed E-state index contributed by atoms with van der Waals surface area (Å²) in [5.74, 6) is 0.305. The highest BCUT2D eigenvalue weighted by molar-refractivity contribution is 5.99. The van der Waals surface area contributed by atoms with E-state index in [0.717, 1.165) is 34.9 Å². The minimum atomic E-state index is -0.128. The van der Waals surface area contributed by atoms with Crippen molar-refractivity contribution in [2.75, 3.05) is 33.4 Å². The van der Waals surface area contributed by atoms with E-state index < -0.39 is 0 Å². The number of fused-ring (bicyclic) bond motifs is 5. The highest BCUT2D eigenvalue weighted by Gasteiger charge is 2.42. The van der Waals surface area contributed by atoms with E-state index in [0.29, 0.717) is 32.0 Å². The van der Waals surface area contributed by atoms with Crippen LogP contribution in [0.25, 0.3) is 11.0 Å². The lowest BCUT2D eigenvalue weighted by Crippen LogP contribution is -2.49. The van der Waals surface area contributed by atoms with Gasteiger partial charge in [-0.15, -0.1) is 0 Å². The van der Waals surface area contributed by atoms with Gasteiger partial charge in [-0.3, -0.25) is 9.59 Å². The van der Waals surface area contributed by atoms with Gasteiger partial charge in [0.1, 0.15) is 5.58 Å². The summed E-state index contributed by atoms with van der Waals surface area (Å²) in [4.78, 5) is 29.7. The van der Waals surface area contributed by atoms with Crippen LogP contribution in [-0.2, 0) is 9.53 Å². The van der Waals surface area contributed by atoms with E-state index in [2.05, 4.69) is 0 Å². The number of ether oxygens (including phenoxy) is 1. The molecule has 0 unspecified atom stereocenters. The summed E-state index contributed by atoms with van der Waals surface area (Å²) >= 11 is 0. The molecule has 0 radical (unpaired) electrons. The van der Waals surface area contributed by atoms with Gasteiger partial charge in [0.2, 0.25) is 5.91 Å². The van der Waals surface area contributed by atoms with Crippen LogP contribution in [0.2, 0.25) is 0 Å². The number of aryl methyl sites for hydroxylation is 2. The molecule has 2 amide bonds. The number of piperidine rings is 1. The summed E-state index contributed by atoms with van der Waals surface area (Å²) in [7, 11) is 1.64. The van der Waals surface area contributed by atoms with Crippen LogP contribution in [0.15, 0.2) is 22.6 Å². The minimum Gasteiger partial charge on any atom is -0.451 e. The summed E-state index contributed by atoms with van der Waals surface area (Å²) in [6.45, 7) is 6.08. The molecule has 144 valence electrons. The van der Waals surface area contributed by atoms with Crippen molar-refractivity contribution in [3.8, 4) is 0 Å². The third-order valence-electron chi connectivity index (χ3n) is 5.90. The lowest BCUT2D eigenvalue weighted by molar-refractivity contribution is -0.140. The Labute approximate surface area is 159 Å². The number of benzene rings is 1. The molecule has 0 spiro atoms. The average molecular weight is 370 g/mol. The smallest absolute Gasteiger partial charge is 0.289 e. The molecule has 2 aromatic rings. The SMILES string of the molecule is COCCN1C(=O)[C@@H]2CC[C@H]1CN(C(=O)c1oc3ccc(C)cc3c1C)C2. The molecule has 3 aliphatic heterocycles. The van der Waals surface area contributed by atoms with Gasteiger partial charge in [0.15, 0.2) is 5.76 Å². The molecule has 5 rings (SSSR count). The van der Waals surface area contributed by atoms with Crippen molar-refractivity contribution in [3.63, 3.8) is 0 Å². The van der Waals surface area contributed by atoms with Crippen LogP contribution in [-0.4, -0.2) is 61.0 Å². The van der Waals surface area contributed by atoms with Gasteiger partial charge in [-0.2, -0.15) is 0 Å². The molecule has 1 aromatic carbocycles. The van der Waals surface area contributed by atoms with Gasteiger partial charge in [-0.25, -0.2) is 0 Å². The quantitative estimate of drug-likeness (QED) is 0.830. The van der Waals surface area contributed by atoms with E-state index in [9.17, 15) is 9.59 Å². The van der Waals surface area contributed by atoms with E-state index in [1.54, 1.807) is 7.11 Å². The van der Waals surface area contributed by atoms with Crippen molar-refractivity contribution in [1.82, 2.24) is 9.80 Å². The van der Waals surface area contributed by atoms with Crippen molar-refractivity contribution in [2.24, 2.45) is 5.92 Å². The Morgan fingerprint density at radius 1 is 1.26 bits per heavy atom. The molecule has 3 saturated heterocycles. The Kier molecular flexibility index (Phi) is 4.68. The predicted molar refractivity (Wildman–Crippen MR) is 102 cm³/mol. The standard InChI is InChI=1S/C21H26N2O4/c1-13-4-7-18-17(10-13)14(2)19(27-18)21(25)22-11-15-5-6-16(12-22)23(20(15)24)8-9-26-3/h4,7,10,15-16H,5-6,8-9,11-12H2,1-3H3/t15-,16+/m1/s1. The second-order valence-electron chi connectivity index (χ2n) is 7.72. The molecule has 1 aromatic heterocycles. The van der Waals surface area contributed by atoms with Crippen molar-refractivity contribution in [2.45, 2.75) is 32.7 Å². The molecular weight excluding hydrogens is 344 g/mol. The Morgan fingerprint density at radius 2 is 2.07 bits per heavy atom. The first kappa shape index (κ1) is 18.0. The molecule has 2 bridgehead atoms. The van der Waals surface area contributed by atoms with E-state index in [-0.39, 0.29) is 23.8 Å². The van der Waals surface area contributed by atoms with Crippen LogP contribution in [0, 0.1) is 19.8 Å². The topological polar surface area (TPSA) is 63.0 Å². The van der Waals surface area contributed by atoms with Gasteiger partial charge in [0.05, 0.1) is 12.5 Å². The predicted octanol–water partition coefficient (Wildman–Crippen LogP) is 2.76. The van der Waals surface area contributed by atoms with Crippen LogP contribution in [0.4, 0.5) is 0 Å². The van der Waals surface area contributed by atoms with Gasteiger partial charge in [0, 0.05) is 43.7 Å². The van der Waals surface area contributed by atoms with E-state index in [1.165, 1.54) is 0 Å². The van der Waals surface area contributed by atoms with E-state index in [4.69, 9.17) is 9.15 Å². The zero-order valence-corrected chi connectivity index (χ0v) is 16.2. The number of carbonyl (C=O) groups excluding carboxylic acids is 2. The first-order chi connectivity index (χ1) is 13.0. The second kappa shape index (κ2) is 7.00. The molecule has 3 aliphatic rings. The number of methoxy groups -OCH3 is 1. The van der Waals surface area contributed by atoms with Crippen molar-refractivity contribution in [3.05, 3.63) is 35.1 Å². The Balaban J connectivity index is 1.62. The number of carbonyl (C=O) groups is 2. The number of hydrogen-bond acceptors (Lipinski definition) is 4. The third kappa shape index (κ3) is 3.12. The fourth-order valence-corrected chi connectivity index (χ4v) is 4.37. The fourth-order valence-electron chi connectivity index (χ4n) is 4.37. The van der Waals surface area contributed by atoms with Crippen LogP contribution in [0.5, 0.6) is 0 Å². The lowest BCUT2D eigenvalue weighted by atomic mass is 9.94. The monoisotopic (exact) mass is 370 g/mol. The largest absolute Gasteiger partial charge is 0.451 e. The molecule has 27 heavy (non-hydrogen) atoms. The zero-order chi connectivity index (χ0) is 19.1. The minimum absolute atomic E-state index is 0.0577. The van der Waals surface area contributed by atoms with Crippen molar-refractivity contribution >= 4 is 22.8 Å². The maximum atomic E-state index is 13.3. The maximum Gasteiger partial charge on any atom is 0.289 e. The molecule has 0 N–H and O–H groups in total. The maximum absolute atomic E-state index is 13.3. The van der Waals surface area contributed by atoms with Gasteiger partial charge < -0.3 is 19.0 Å². The number of rotatable bonds is 4. The molecule has 3 fully saturated rings. The number of furan rings is 1. The van der Waals surface area contributed by atoms with Crippen LogP contribution in [0.1, 0.15) is 34.5 Å². The highest BCUT2D eigenvalue weighted by atomic mass is 16.5. The average Bonchev–Trinajstić information content (AvgIpc) is 2.81. The van der Waals surface area contributed by atoms with Gasteiger partial charge in [0.25, 0.3) is 5.91 Å². The normalized spacial score (nSPS) is 22.6. The van der Waals surface area contributed by atoms with Crippen LogP contribution in [0.3, 0.4) is 0 Å². The summed E-state index contributed by atoms with van der Waals surface area (Å²) in [5, 5.41) is 0.981. The van der Waals surface area contributed by atoms with E-state index >= 15 is 0 Å². The fraction of sp³-hybridized carbons (Fsp3) is 0.524. The van der Waals surface area contributed by atoms with Crippen LogP contribution < -0.4 is 0 Å². The molecule has 6 nitrogen and oxygen atoms in total. The lowest BCUT2D eigenvalue weighted by Gasteiger charge is -2.35. The third-order valence-corrected chi connectivity index (χ3v) is 5.90. The zero-order valence-electron chi connectivity index (χ0n) is 16.2. The molecule has 6 heteroatoms. The van der Waals surface area contributed by atoms with Gasteiger partial charge in [-0.05, 0) is 38.8 Å². The first-order valence-corrected chi connectivity index (χ1v) is 9.58. The van der Waals surface area contributed by atoms with Gasteiger partial charge in [-0.1, -0.05) is 11.6 Å². The number of hydrogen-bond donors (Lipinski definition) is 0. The second-order valence-corrected chi connectivity index (χ2v) is 7.72. The van der Waals surface area contributed by atoms with Crippen LogP contribution >= 0.6 is 0 Å². The summed E-state index contributed by atoms with van der Waals surface area (Å²) in [5.41, 5.74) is 2.74. The number of nitrogens with zero attached hydrogens (tertiary/aromatic N) is 2. The van der Waals surface area contributed by atoms with Gasteiger partial charge >= 0.3 is 0 Å². The Hall–Kier alpha value is -2.34. The first-order valence-electron chi connectivity index (χ1n) is 9.58. The highest BCUT2D eigenvalue weighted by Crippen LogP contribution is 2.32. The molecule has 0 saturated carbocycles. The molecule has 4 heterocycles.